The molecule has 0 aliphatic carbocycles. The number of fused-ring (bicyclic) bond motifs is 1. The highest BCUT2D eigenvalue weighted by molar-refractivity contribution is 14.0. The van der Waals surface area contributed by atoms with E-state index in [1.807, 2.05) is 0 Å². The third-order valence-electron chi connectivity index (χ3n) is 4.63. The van der Waals surface area contributed by atoms with Crippen molar-refractivity contribution in [2.75, 3.05) is 41.0 Å². The molecule has 0 radical (unpaired) electrons. The van der Waals surface area contributed by atoms with Crippen molar-refractivity contribution in [2.24, 2.45) is 4.99 Å². The minimum atomic E-state index is -0.164. The highest BCUT2D eigenvalue weighted by atomic mass is 127. The van der Waals surface area contributed by atoms with Gasteiger partial charge < -0.3 is 24.4 Å². The third-order valence-corrected chi connectivity index (χ3v) is 4.63. The van der Waals surface area contributed by atoms with E-state index in [9.17, 15) is 4.79 Å². The number of carbonyl (C=O) groups excluding carboxylic acids is 1. The van der Waals surface area contributed by atoms with Crippen LogP contribution in [0.2, 0.25) is 0 Å². The number of benzene rings is 1. The van der Waals surface area contributed by atoms with Crippen molar-refractivity contribution in [3.05, 3.63) is 23.3 Å². The van der Waals surface area contributed by atoms with E-state index in [1.165, 1.54) is 18.2 Å². The van der Waals surface area contributed by atoms with Gasteiger partial charge in [0.15, 0.2) is 17.5 Å². The zero-order valence-electron chi connectivity index (χ0n) is 17.2. The number of ether oxygens (including phenoxy) is 3. The normalized spacial score (nSPS) is 13.3. The molecule has 0 aromatic heterocycles. The molecule has 1 aliphatic heterocycles. The van der Waals surface area contributed by atoms with Gasteiger partial charge in [-0.2, -0.15) is 0 Å². The largest absolute Gasteiger partial charge is 0.493 e. The summed E-state index contributed by atoms with van der Waals surface area (Å²) in [6.07, 6.45) is 3.03. The number of nitrogens with zero attached hydrogens (tertiary/aromatic N) is 2. The lowest BCUT2D eigenvalue weighted by Crippen LogP contribution is -2.44. The first-order valence-electron chi connectivity index (χ1n) is 9.46. The Kier molecular flexibility index (Phi) is 11.0. The summed E-state index contributed by atoms with van der Waals surface area (Å²) in [4.78, 5) is 18.2. The Morgan fingerprint density at radius 2 is 1.82 bits per heavy atom. The summed E-state index contributed by atoms with van der Waals surface area (Å²) in [7, 11) is 4.74. The molecule has 0 fully saturated rings. The fourth-order valence-corrected chi connectivity index (χ4v) is 3.16. The van der Waals surface area contributed by atoms with Gasteiger partial charge in [-0.25, -0.2) is 0 Å². The van der Waals surface area contributed by atoms with Crippen LogP contribution in [0.25, 0.3) is 0 Å². The van der Waals surface area contributed by atoms with Crippen LogP contribution in [0.3, 0.4) is 0 Å². The Morgan fingerprint density at radius 3 is 2.43 bits per heavy atom. The zero-order chi connectivity index (χ0) is 19.6. The molecule has 1 aromatic carbocycles. The number of unbranched alkanes of at least 4 members (excludes halogenated alkanes) is 1. The number of carbonyl (C=O) groups is 1. The van der Waals surface area contributed by atoms with Crippen LogP contribution in [0.15, 0.2) is 17.1 Å². The van der Waals surface area contributed by atoms with Gasteiger partial charge in [0.05, 0.1) is 21.3 Å². The second kappa shape index (κ2) is 12.7. The molecular weight excluding hydrogens is 473 g/mol. The van der Waals surface area contributed by atoms with E-state index in [4.69, 9.17) is 14.5 Å². The van der Waals surface area contributed by atoms with Crippen molar-refractivity contribution in [2.45, 2.75) is 39.2 Å². The summed E-state index contributed by atoms with van der Waals surface area (Å²) < 4.78 is 15.5. The first-order chi connectivity index (χ1) is 13.1. The van der Waals surface area contributed by atoms with Gasteiger partial charge in [-0.15, -0.1) is 24.0 Å². The van der Waals surface area contributed by atoms with Crippen LogP contribution in [0.1, 0.15) is 37.3 Å². The molecule has 1 heterocycles. The van der Waals surface area contributed by atoms with Gasteiger partial charge in [0.1, 0.15) is 0 Å². The maximum Gasteiger partial charge on any atom is 0.305 e. The van der Waals surface area contributed by atoms with Crippen molar-refractivity contribution in [3.63, 3.8) is 0 Å². The fraction of sp³-hybridized carbons (Fsp3) is 0.600. The Morgan fingerprint density at radius 1 is 1.14 bits per heavy atom. The second-order valence-corrected chi connectivity index (χ2v) is 6.42. The van der Waals surface area contributed by atoms with Crippen LogP contribution in [0.4, 0.5) is 0 Å². The number of rotatable bonds is 8. The molecule has 0 saturated heterocycles. The Balaban J connectivity index is 0.00000392. The van der Waals surface area contributed by atoms with Gasteiger partial charge >= 0.3 is 5.97 Å². The van der Waals surface area contributed by atoms with Crippen molar-refractivity contribution in [3.8, 4) is 11.5 Å². The summed E-state index contributed by atoms with van der Waals surface area (Å²) in [6, 6.07) is 4.13. The van der Waals surface area contributed by atoms with Crippen molar-refractivity contribution in [1.29, 1.82) is 0 Å². The first-order valence-corrected chi connectivity index (χ1v) is 9.46. The molecule has 0 amide bonds. The van der Waals surface area contributed by atoms with Crippen LogP contribution in [-0.2, 0) is 22.5 Å². The summed E-state index contributed by atoms with van der Waals surface area (Å²) in [6.45, 7) is 5.25. The van der Waals surface area contributed by atoms with Crippen LogP contribution in [0, 0.1) is 0 Å². The monoisotopic (exact) mass is 505 g/mol. The summed E-state index contributed by atoms with van der Waals surface area (Å²) >= 11 is 0. The first kappa shape index (κ1) is 24.3. The van der Waals surface area contributed by atoms with Crippen molar-refractivity contribution >= 4 is 35.9 Å². The molecule has 8 heteroatoms. The average Bonchev–Trinajstić information content (AvgIpc) is 2.70. The summed E-state index contributed by atoms with van der Waals surface area (Å²) in [5.41, 5.74) is 2.52. The third kappa shape index (κ3) is 6.72. The average molecular weight is 505 g/mol. The molecule has 28 heavy (non-hydrogen) atoms. The molecule has 0 bridgehead atoms. The number of nitrogens with one attached hydrogen (secondary N) is 1. The molecule has 0 unspecified atom stereocenters. The molecular formula is C20H32IN3O4. The van der Waals surface area contributed by atoms with Crippen LogP contribution >= 0.6 is 24.0 Å². The molecule has 0 atom stereocenters. The smallest absolute Gasteiger partial charge is 0.305 e. The van der Waals surface area contributed by atoms with E-state index in [0.29, 0.717) is 13.0 Å². The lowest BCUT2D eigenvalue weighted by Gasteiger charge is -2.32. The van der Waals surface area contributed by atoms with Gasteiger partial charge in [-0.05, 0) is 49.4 Å². The number of hydrogen-bond donors (Lipinski definition) is 1. The molecule has 1 aromatic rings. The molecule has 7 nitrogen and oxygen atoms in total. The van der Waals surface area contributed by atoms with Crippen molar-refractivity contribution < 1.29 is 19.0 Å². The number of guanidine groups is 1. The van der Waals surface area contributed by atoms with Crippen LogP contribution in [-0.4, -0.2) is 57.8 Å². The number of aliphatic imine (C=N–C) groups is 1. The standard InChI is InChI=1S/C20H31N3O4.HI/c1-5-21-20(22-10-7-6-8-19(24)27-4)23-11-9-15-12-17(25-2)18(26-3)13-16(15)14-23;/h12-13H,5-11,14H2,1-4H3,(H,21,22);1H. The van der Waals surface area contributed by atoms with Gasteiger partial charge in [0, 0.05) is 32.6 Å². The predicted molar refractivity (Wildman–Crippen MR) is 121 cm³/mol. The van der Waals surface area contributed by atoms with E-state index in [0.717, 1.165) is 56.4 Å². The number of hydrogen-bond acceptors (Lipinski definition) is 5. The Labute approximate surface area is 184 Å². The lowest BCUT2D eigenvalue weighted by molar-refractivity contribution is -0.140. The van der Waals surface area contributed by atoms with Gasteiger partial charge in [0.2, 0.25) is 0 Å². The van der Waals surface area contributed by atoms with E-state index in [2.05, 4.69) is 34.0 Å². The highest BCUT2D eigenvalue weighted by Gasteiger charge is 2.21. The molecule has 1 aliphatic rings. The maximum absolute atomic E-state index is 11.2. The van der Waals surface area contributed by atoms with E-state index < -0.39 is 0 Å². The van der Waals surface area contributed by atoms with Crippen molar-refractivity contribution in [1.82, 2.24) is 10.2 Å². The molecule has 158 valence electrons. The molecule has 0 saturated carbocycles. The van der Waals surface area contributed by atoms with E-state index in [1.54, 1.807) is 14.2 Å². The SMILES string of the molecule is CCNC(=NCCCCC(=O)OC)N1CCc2cc(OC)c(OC)cc2C1.I. The minimum absolute atomic E-state index is 0. The number of esters is 1. The van der Waals surface area contributed by atoms with E-state index in [-0.39, 0.29) is 29.9 Å². The predicted octanol–water partition coefficient (Wildman–Crippen LogP) is 2.99. The van der Waals surface area contributed by atoms with Gasteiger partial charge in [-0.3, -0.25) is 9.79 Å². The number of halogens is 1. The quantitative estimate of drug-likeness (QED) is 0.193. The summed E-state index contributed by atoms with van der Waals surface area (Å²) in [5, 5.41) is 3.37. The highest BCUT2D eigenvalue weighted by Crippen LogP contribution is 2.33. The van der Waals surface area contributed by atoms with E-state index >= 15 is 0 Å². The lowest BCUT2D eigenvalue weighted by atomic mass is 9.99. The fourth-order valence-electron chi connectivity index (χ4n) is 3.16. The molecule has 2 rings (SSSR count). The summed E-state index contributed by atoms with van der Waals surface area (Å²) in [5.74, 6) is 2.28. The Bertz CT molecular complexity index is 667. The van der Waals surface area contributed by atoms with Gasteiger partial charge in [-0.1, -0.05) is 0 Å². The topological polar surface area (TPSA) is 72.4 Å². The second-order valence-electron chi connectivity index (χ2n) is 6.42. The minimum Gasteiger partial charge on any atom is -0.493 e. The zero-order valence-corrected chi connectivity index (χ0v) is 19.6. The van der Waals surface area contributed by atoms with Crippen LogP contribution < -0.4 is 14.8 Å². The van der Waals surface area contributed by atoms with Crippen LogP contribution in [0.5, 0.6) is 11.5 Å². The molecule has 1 N–H and O–H groups in total. The molecule has 0 spiro atoms. The van der Waals surface area contributed by atoms with Gasteiger partial charge in [0.25, 0.3) is 0 Å². The number of methoxy groups -OCH3 is 3. The Hall–Kier alpha value is -1.71. The maximum atomic E-state index is 11.2.